The number of aliphatic hydroxyl groups is 1. The van der Waals surface area contributed by atoms with Gasteiger partial charge in [0.15, 0.2) is 0 Å². The maximum absolute atomic E-state index is 10.2. The number of hydrogen-bond donors (Lipinski definition) is 2. The van der Waals surface area contributed by atoms with Gasteiger partial charge < -0.3 is 24.8 Å². The number of fused-ring (bicyclic) bond motifs is 1. The second-order valence-electron chi connectivity index (χ2n) is 7.48. The van der Waals surface area contributed by atoms with Crippen molar-refractivity contribution >= 4 is 11.6 Å². The minimum atomic E-state index is -0.326. The summed E-state index contributed by atoms with van der Waals surface area (Å²) in [6, 6.07) is 2.47. The van der Waals surface area contributed by atoms with Crippen LogP contribution in [0, 0.1) is 6.92 Å². The molecule has 1 saturated heterocycles. The van der Waals surface area contributed by atoms with E-state index in [4.69, 9.17) is 0 Å². The normalized spacial score (nSPS) is 24.9. The zero-order chi connectivity index (χ0) is 18.3. The van der Waals surface area contributed by atoms with Crippen LogP contribution in [-0.2, 0) is 6.54 Å². The zero-order valence-corrected chi connectivity index (χ0v) is 15.6. The average Bonchev–Trinajstić information content (AvgIpc) is 3.30. The van der Waals surface area contributed by atoms with Gasteiger partial charge in [0.2, 0.25) is 0 Å². The van der Waals surface area contributed by atoms with Crippen molar-refractivity contribution < 1.29 is 5.11 Å². The maximum atomic E-state index is 10.2. The maximum Gasteiger partial charge on any atom is 0.134 e. The third-order valence-electron chi connectivity index (χ3n) is 5.42. The first-order valence-corrected chi connectivity index (χ1v) is 9.22. The molecule has 4 rings (SSSR count). The molecule has 8 nitrogen and oxygen atoms in total. The average molecular weight is 357 g/mol. The predicted octanol–water partition coefficient (Wildman–Crippen LogP) is 0.722. The smallest absolute Gasteiger partial charge is 0.134 e. The van der Waals surface area contributed by atoms with E-state index in [1.807, 2.05) is 31.3 Å². The second kappa shape index (κ2) is 6.85. The van der Waals surface area contributed by atoms with Crippen LogP contribution in [0.25, 0.3) is 0 Å². The summed E-state index contributed by atoms with van der Waals surface area (Å²) >= 11 is 0. The SMILES string of the molecule is Cc1cnc2n1CCC2NC[C@H]1C[C@@H](O)CN1c1cc(N(C)C)ncn1. The van der Waals surface area contributed by atoms with Gasteiger partial charge in [-0.15, -0.1) is 0 Å². The van der Waals surface area contributed by atoms with Crippen molar-refractivity contribution in [3.05, 3.63) is 30.1 Å². The Morgan fingerprint density at radius 1 is 1.31 bits per heavy atom. The van der Waals surface area contributed by atoms with Gasteiger partial charge >= 0.3 is 0 Å². The summed E-state index contributed by atoms with van der Waals surface area (Å²) < 4.78 is 2.28. The van der Waals surface area contributed by atoms with Crippen LogP contribution in [0.2, 0.25) is 0 Å². The van der Waals surface area contributed by atoms with Gasteiger partial charge in [-0.05, 0) is 19.8 Å². The number of imidazole rings is 1. The van der Waals surface area contributed by atoms with Crippen LogP contribution in [0.1, 0.15) is 30.4 Å². The summed E-state index contributed by atoms with van der Waals surface area (Å²) in [4.78, 5) is 17.4. The summed E-state index contributed by atoms with van der Waals surface area (Å²) in [7, 11) is 3.93. The van der Waals surface area contributed by atoms with Crippen LogP contribution >= 0.6 is 0 Å². The molecule has 1 fully saturated rings. The van der Waals surface area contributed by atoms with Gasteiger partial charge in [-0.25, -0.2) is 15.0 Å². The first-order chi connectivity index (χ1) is 12.5. The third-order valence-corrected chi connectivity index (χ3v) is 5.42. The molecule has 0 amide bonds. The van der Waals surface area contributed by atoms with Crippen molar-refractivity contribution in [3.8, 4) is 0 Å². The van der Waals surface area contributed by atoms with Crippen molar-refractivity contribution in [2.45, 2.75) is 44.5 Å². The van der Waals surface area contributed by atoms with E-state index in [9.17, 15) is 5.11 Å². The van der Waals surface area contributed by atoms with E-state index >= 15 is 0 Å². The summed E-state index contributed by atoms with van der Waals surface area (Å²) in [5, 5.41) is 13.9. The molecule has 0 bridgehead atoms. The number of nitrogens with one attached hydrogen (secondary N) is 1. The Balaban J connectivity index is 1.46. The van der Waals surface area contributed by atoms with Crippen molar-refractivity contribution in [1.82, 2.24) is 24.8 Å². The van der Waals surface area contributed by atoms with Crippen LogP contribution in [0.3, 0.4) is 0 Å². The lowest BCUT2D eigenvalue weighted by atomic mass is 10.1. The monoisotopic (exact) mass is 357 g/mol. The highest BCUT2D eigenvalue weighted by Crippen LogP contribution is 2.28. The molecular formula is C18H27N7O. The fourth-order valence-electron chi connectivity index (χ4n) is 4.01. The third kappa shape index (κ3) is 3.14. The van der Waals surface area contributed by atoms with Crippen molar-refractivity contribution in [3.63, 3.8) is 0 Å². The van der Waals surface area contributed by atoms with Crippen molar-refractivity contribution in [2.75, 3.05) is 37.0 Å². The molecule has 4 heterocycles. The molecule has 0 aromatic carbocycles. The summed E-state index contributed by atoms with van der Waals surface area (Å²) in [6.07, 6.45) is 5.02. The van der Waals surface area contributed by atoms with E-state index in [0.29, 0.717) is 6.54 Å². The van der Waals surface area contributed by atoms with Crippen molar-refractivity contribution in [1.29, 1.82) is 0 Å². The summed E-state index contributed by atoms with van der Waals surface area (Å²) in [6.45, 7) is 4.53. The van der Waals surface area contributed by atoms with E-state index in [1.54, 1.807) is 6.33 Å². The molecule has 0 saturated carbocycles. The van der Waals surface area contributed by atoms with Crippen LogP contribution in [-0.4, -0.2) is 64.0 Å². The quantitative estimate of drug-likeness (QED) is 0.816. The molecule has 0 spiro atoms. The fourth-order valence-corrected chi connectivity index (χ4v) is 4.01. The molecule has 1 unspecified atom stereocenters. The Morgan fingerprint density at radius 3 is 2.96 bits per heavy atom. The predicted molar refractivity (Wildman–Crippen MR) is 100 cm³/mol. The first kappa shape index (κ1) is 17.2. The fraction of sp³-hybridized carbons (Fsp3) is 0.611. The molecule has 2 aromatic heterocycles. The molecule has 140 valence electrons. The lowest BCUT2D eigenvalue weighted by Gasteiger charge is -2.27. The highest BCUT2D eigenvalue weighted by molar-refractivity contribution is 5.51. The highest BCUT2D eigenvalue weighted by atomic mass is 16.3. The second-order valence-corrected chi connectivity index (χ2v) is 7.48. The number of aryl methyl sites for hydroxylation is 1. The lowest BCUT2D eigenvalue weighted by molar-refractivity contribution is 0.193. The van der Waals surface area contributed by atoms with E-state index in [1.165, 1.54) is 5.69 Å². The number of nitrogens with zero attached hydrogens (tertiary/aromatic N) is 6. The molecule has 2 aliphatic heterocycles. The largest absolute Gasteiger partial charge is 0.391 e. The minimum absolute atomic E-state index is 0.208. The van der Waals surface area contributed by atoms with Gasteiger partial charge in [0.05, 0.1) is 12.1 Å². The molecule has 0 aliphatic carbocycles. The Morgan fingerprint density at radius 2 is 2.15 bits per heavy atom. The van der Waals surface area contributed by atoms with Gasteiger partial charge in [-0.1, -0.05) is 0 Å². The van der Waals surface area contributed by atoms with E-state index in [0.717, 1.165) is 43.4 Å². The molecule has 3 atom stereocenters. The highest BCUT2D eigenvalue weighted by Gasteiger charge is 2.33. The topological polar surface area (TPSA) is 82.3 Å². The van der Waals surface area contributed by atoms with Crippen LogP contribution in [0.4, 0.5) is 11.6 Å². The molecule has 8 heteroatoms. The van der Waals surface area contributed by atoms with E-state index < -0.39 is 0 Å². The van der Waals surface area contributed by atoms with Crippen molar-refractivity contribution in [2.24, 2.45) is 0 Å². The molecule has 0 radical (unpaired) electrons. The molecule has 2 aliphatic rings. The van der Waals surface area contributed by atoms with Crippen LogP contribution < -0.4 is 15.1 Å². The Hall–Kier alpha value is -2.19. The zero-order valence-electron chi connectivity index (χ0n) is 15.6. The van der Waals surface area contributed by atoms with Gasteiger partial charge in [0.1, 0.15) is 23.8 Å². The lowest BCUT2D eigenvalue weighted by Crippen LogP contribution is -2.39. The summed E-state index contributed by atoms with van der Waals surface area (Å²) in [5.41, 5.74) is 1.22. The summed E-state index contributed by atoms with van der Waals surface area (Å²) in [5.74, 6) is 2.87. The van der Waals surface area contributed by atoms with Gasteiger partial charge in [0, 0.05) is 57.7 Å². The first-order valence-electron chi connectivity index (χ1n) is 9.22. The minimum Gasteiger partial charge on any atom is -0.391 e. The number of hydrogen-bond acceptors (Lipinski definition) is 7. The number of rotatable bonds is 5. The van der Waals surface area contributed by atoms with E-state index in [-0.39, 0.29) is 18.2 Å². The number of β-amino-alcohol motifs (C(OH)–C–C–N with tert-alkyl or cyclic N) is 1. The Labute approximate surface area is 153 Å². The molecule has 26 heavy (non-hydrogen) atoms. The molecule has 2 N–H and O–H groups in total. The standard InChI is InChI=1S/C18H27N7O/c1-12-8-20-18-15(4-5-24(12)18)19-9-13-6-14(26)10-25(13)17-7-16(23(2)3)21-11-22-17/h7-8,11,13-15,19,26H,4-6,9-10H2,1-3H3/t13-,14-,15?/m1/s1. The van der Waals surface area contributed by atoms with Crippen LogP contribution in [0.15, 0.2) is 18.6 Å². The van der Waals surface area contributed by atoms with Gasteiger partial charge in [0.25, 0.3) is 0 Å². The van der Waals surface area contributed by atoms with E-state index in [2.05, 4.69) is 36.7 Å². The number of anilines is 2. The molecular weight excluding hydrogens is 330 g/mol. The number of aromatic nitrogens is 4. The van der Waals surface area contributed by atoms with Gasteiger partial charge in [-0.3, -0.25) is 0 Å². The number of aliphatic hydroxyl groups excluding tert-OH is 1. The van der Waals surface area contributed by atoms with Crippen LogP contribution in [0.5, 0.6) is 0 Å². The Kier molecular flexibility index (Phi) is 4.54. The van der Waals surface area contributed by atoms with Gasteiger partial charge in [-0.2, -0.15) is 0 Å². The Bertz CT molecular complexity index is 775. The molecule has 2 aromatic rings.